The molecular formula is C20H19N4O4-. The first kappa shape index (κ1) is 18.0. The van der Waals surface area contributed by atoms with Crippen LogP contribution in [0.15, 0.2) is 54.7 Å². The molecule has 0 saturated carbocycles. The first-order valence-corrected chi connectivity index (χ1v) is 8.92. The standard InChI is InChI=1S/C20H19N4O4/c25-19-15(9-12-5-2-1-3-6-12)22-20(26)16(23-19)10-13-11-21-14-7-4-8-17(18(13)14)24(27)28/h1-8,11,15-16,21,27H,9-10H2,(H,22,26)(H,23,25)/q-1. The number of aromatic amines is 1. The van der Waals surface area contributed by atoms with Gasteiger partial charge in [0, 0.05) is 29.9 Å². The Hall–Kier alpha value is -3.36. The molecule has 0 bridgehead atoms. The summed E-state index contributed by atoms with van der Waals surface area (Å²) >= 11 is 0. The third-order valence-electron chi connectivity index (χ3n) is 4.94. The average Bonchev–Trinajstić information content (AvgIpc) is 3.09. The molecule has 1 saturated heterocycles. The van der Waals surface area contributed by atoms with Gasteiger partial charge >= 0.3 is 0 Å². The molecule has 2 amide bonds. The Balaban J connectivity index is 1.52. The molecule has 0 aliphatic carbocycles. The zero-order valence-electron chi connectivity index (χ0n) is 14.9. The molecule has 2 aromatic carbocycles. The number of rotatable bonds is 5. The Kier molecular flexibility index (Phi) is 4.72. The van der Waals surface area contributed by atoms with Crippen molar-refractivity contribution >= 4 is 28.4 Å². The molecule has 1 fully saturated rings. The topological polar surface area (TPSA) is 121 Å². The molecule has 144 valence electrons. The van der Waals surface area contributed by atoms with E-state index >= 15 is 0 Å². The Morgan fingerprint density at radius 1 is 0.929 bits per heavy atom. The lowest BCUT2D eigenvalue weighted by Crippen LogP contribution is -2.62. The summed E-state index contributed by atoms with van der Waals surface area (Å²) in [6, 6.07) is 13.0. The maximum Gasteiger partial charge on any atom is 0.243 e. The van der Waals surface area contributed by atoms with Gasteiger partial charge in [-0.25, -0.2) is 0 Å². The Bertz CT molecular complexity index is 1020. The van der Waals surface area contributed by atoms with Gasteiger partial charge in [0.2, 0.25) is 11.8 Å². The predicted molar refractivity (Wildman–Crippen MR) is 104 cm³/mol. The number of nitrogens with zero attached hydrogens (tertiary/aromatic N) is 1. The number of nitrogens with one attached hydrogen (secondary N) is 3. The van der Waals surface area contributed by atoms with Gasteiger partial charge in [-0.2, -0.15) is 0 Å². The molecule has 8 nitrogen and oxygen atoms in total. The highest BCUT2D eigenvalue weighted by Crippen LogP contribution is 2.29. The lowest BCUT2D eigenvalue weighted by molar-refractivity contribution is -0.136. The van der Waals surface area contributed by atoms with E-state index in [1.54, 1.807) is 18.3 Å². The highest BCUT2D eigenvalue weighted by molar-refractivity contribution is 5.99. The van der Waals surface area contributed by atoms with Gasteiger partial charge in [-0.15, -0.1) is 0 Å². The van der Waals surface area contributed by atoms with Crippen LogP contribution in [0.3, 0.4) is 0 Å². The second kappa shape index (κ2) is 7.34. The second-order valence-corrected chi connectivity index (χ2v) is 6.80. The van der Waals surface area contributed by atoms with Crippen molar-refractivity contribution in [3.05, 3.63) is 71.1 Å². The van der Waals surface area contributed by atoms with Crippen molar-refractivity contribution in [1.82, 2.24) is 15.6 Å². The third-order valence-corrected chi connectivity index (χ3v) is 4.94. The largest absolute Gasteiger partial charge is 0.733 e. The molecule has 0 radical (unpaired) electrons. The minimum atomic E-state index is -0.759. The molecule has 0 spiro atoms. The minimum Gasteiger partial charge on any atom is -0.733 e. The van der Waals surface area contributed by atoms with Crippen LogP contribution in [0.2, 0.25) is 0 Å². The van der Waals surface area contributed by atoms with E-state index in [4.69, 9.17) is 0 Å². The summed E-state index contributed by atoms with van der Waals surface area (Å²) in [5.74, 6) is -0.531. The van der Waals surface area contributed by atoms with Gasteiger partial charge in [-0.3, -0.25) is 14.8 Å². The van der Waals surface area contributed by atoms with Gasteiger partial charge in [-0.1, -0.05) is 36.4 Å². The highest BCUT2D eigenvalue weighted by atomic mass is 16.8. The van der Waals surface area contributed by atoms with Crippen LogP contribution in [0.5, 0.6) is 0 Å². The lowest BCUT2D eigenvalue weighted by atomic mass is 9.98. The van der Waals surface area contributed by atoms with E-state index in [1.165, 1.54) is 6.07 Å². The normalized spacial score (nSPS) is 19.4. The summed E-state index contributed by atoms with van der Waals surface area (Å²) in [7, 11) is 0. The average molecular weight is 379 g/mol. The van der Waals surface area contributed by atoms with E-state index < -0.39 is 12.1 Å². The van der Waals surface area contributed by atoms with E-state index in [9.17, 15) is 20.0 Å². The predicted octanol–water partition coefficient (Wildman–Crippen LogP) is 1.63. The van der Waals surface area contributed by atoms with Gasteiger partial charge in [0.05, 0.1) is 5.69 Å². The van der Waals surface area contributed by atoms with E-state index in [0.29, 0.717) is 22.9 Å². The summed E-state index contributed by atoms with van der Waals surface area (Å²) in [4.78, 5) is 28.1. The second-order valence-electron chi connectivity index (χ2n) is 6.80. The van der Waals surface area contributed by atoms with Crippen molar-refractivity contribution in [2.75, 3.05) is 5.23 Å². The number of aromatic nitrogens is 1. The molecular weight excluding hydrogens is 360 g/mol. The highest BCUT2D eigenvalue weighted by Gasteiger charge is 2.34. The summed E-state index contributed by atoms with van der Waals surface area (Å²) in [5, 5.41) is 26.7. The number of anilines is 1. The van der Waals surface area contributed by atoms with Crippen LogP contribution < -0.4 is 15.9 Å². The van der Waals surface area contributed by atoms with Gasteiger partial charge in [0.15, 0.2) is 0 Å². The number of hydrogen-bond donors (Lipinski definition) is 4. The number of H-pyrrole nitrogens is 1. The molecule has 4 N–H and O–H groups in total. The molecule has 1 aromatic heterocycles. The molecule has 2 unspecified atom stereocenters. The van der Waals surface area contributed by atoms with E-state index in [0.717, 1.165) is 5.56 Å². The zero-order chi connectivity index (χ0) is 19.7. The van der Waals surface area contributed by atoms with Gasteiger partial charge in [-0.05, 0) is 23.3 Å². The van der Waals surface area contributed by atoms with Crippen LogP contribution in [0, 0.1) is 5.21 Å². The number of fused-ring (bicyclic) bond motifs is 1. The maximum atomic E-state index is 12.6. The fourth-order valence-corrected chi connectivity index (χ4v) is 3.59. The molecule has 8 heteroatoms. The molecule has 3 aromatic rings. The van der Waals surface area contributed by atoms with Crippen molar-refractivity contribution in [2.24, 2.45) is 0 Å². The van der Waals surface area contributed by atoms with Crippen LogP contribution >= 0.6 is 0 Å². The van der Waals surface area contributed by atoms with E-state index in [1.807, 2.05) is 30.3 Å². The van der Waals surface area contributed by atoms with Crippen molar-refractivity contribution in [2.45, 2.75) is 24.9 Å². The minimum absolute atomic E-state index is 0.0817. The van der Waals surface area contributed by atoms with Gasteiger partial charge < -0.3 is 26.1 Å². The lowest BCUT2D eigenvalue weighted by Gasteiger charge is -2.30. The fraction of sp³-hybridized carbons (Fsp3) is 0.200. The summed E-state index contributed by atoms with van der Waals surface area (Å²) in [5.41, 5.74) is 2.36. The van der Waals surface area contributed by atoms with Crippen LogP contribution in [0.25, 0.3) is 10.9 Å². The molecule has 1 aliphatic heterocycles. The number of piperazine rings is 1. The van der Waals surface area contributed by atoms with Crippen LogP contribution in [-0.4, -0.2) is 34.1 Å². The summed E-state index contributed by atoms with van der Waals surface area (Å²) < 4.78 is 0. The molecule has 2 atom stereocenters. The SMILES string of the molecule is O=C1NC(Cc2c[nH]c3cccc(N([O-])O)c23)C(=O)NC1Cc1ccccc1. The van der Waals surface area contributed by atoms with Crippen molar-refractivity contribution in [3.63, 3.8) is 0 Å². The van der Waals surface area contributed by atoms with Crippen molar-refractivity contribution in [3.8, 4) is 0 Å². The quantitative estimate of drug-likeness (QED) is 0.502. The Morgan fingerprint density at radius 2 is 1.61 bits per heavy atom. The van der Waals surface area contributed by atoms with E-state index in [-0.39, 0.29) is 29.1 Å². The molecule has 1 aliphatic rings. The summed E-state index contributed by atoms with van der Waals surface area (Å²) in [6.07, 6.45) is 2.28. The van der Waals surface area contributed by atoms with Crippen LogP contribution in [0.1, 0.15) is 11.1 Å². The van der Waals surface area contributed by atoms with Crippen molar-refractivity contribution in [1.29, 1.82) is 0 Å². The third kappa shape index (κ3) is 3.42. The molecule has 4 rings (SSSR count). The van der Waals surface area contributed by atoms with Crippen molar-refractivity contribution < 1.29 is 14.8 Å². The first-order valence-electron chi connectivity index (χ1n) is 8.92. The first-order chi connectivity index (χ1) is 13.5. The fourth-order valence-electron chi connectivity index (χ4n) is 3.59. The number of benzene rings is 2. The van der Waals surface area contributed by atoms with Crippen LogP contribution in [-0.2, 0) is 22.4 Å². The maximum absolute atomic E-state index is 12.6. The molecule has 2 heterocycles. The van der Waals surface area contributed by atoms with Gasteiger partial charge in [0.25, 0.3) is 0 Å². The smallest absolute Gasteiger partial charge is 0.243 e. The number of amides is 2. The Morgan fingerprint density at radius 3 is 2.29 bits per heavy atom. The monoisotopic (exact) mass is 379 g/mol. The molecule has 28 heavy (non-hydrogen) atoms. The number of hydrogen-bond acceptors (Lipinski definition) is 5. The van der Waals surface area contributed by atoms with Crippen LogP contribution in [0.4, 0.5) is 5.69 Å². The van der Waals surface area contributed by atoms with Gasteiger partial charge in [0.1, 0.15) is 12.1 Å². The van der Waals surface area contributed by atoms with E-state index in [2.05, 4.69) is 15.6 Å². The number of carbonyl (C=O) groups is 2. The summed E-state index contributed by atoms with van der Waals surface area (Å²) in [6.45, 7) is 0. The zero-order valence-corrected chi connectivity index (χ0v) is 14.9. The Labute approximate surface area is 160 Å². The number of carbonyl (C=O) groups excluding carboxylic acids is 2.